The quantitative estimate of drug-likeness (QED) is 0.168. The molecule has 0 aromatic carbocycles. The fourth-order valence-corrected chi connectivity index (χ4v) is 6.83. The minimum atomic E-state index is -1.32. The Morgan fingerprint density at radius 3 is 2.64 bits per heavy atom. The summed E-state index contributed by atoms with van der Waals surface area (Å²) in [5.74, 6) is -1.65. The number of carbonyl (C=O) groups excluding carboxylic acids is 4. The molecule has 17 heteroatoms. The number of esters is 1. The van der Waals surface area contributed by atoms with Gasteiger partial charge in [-0.3, -0.25) is 24.1 Å². The normalized spacial score (nSPS) is 23.4. The number of nitrogens with two attached hydrogens (primary N) is 1. The van der Waals surface area contributed by atoms with Crippen LogP contribution in [0.3, 0.4) is 0 Å². The lowest BCUT2D eigenvalue weighted by molar-refractivity contribution is -0.150. The zero-order chi connectivity index (χ0) is 28.3. The van der Waals surface area contributed by atoms with Crippen molar-refractivity contribution >= 4 is 75.4 Å². The van der Waals surface area contributed by atoms with E-state index in [-0.39, 0.29) is 40.5 Å². The molecular weight excluding hydrogens is 572 g/mol. The molecule has 1 aromatic heterocycles. The standard InChI is InChI=1S/C16H17N5O7S2.C6H7NOS/c1-6(22)28-3-7-4-29-14-10(13(24)21(14)11(7)15(25)26)19-12(23)9(20-27-2)8-5-30-16(17)18-8;8-5-4-6-7(5)2-1-3-9-6/h5,10,14H,3-4H2,1-2H3,(H2,17,18)(H,19,23)(H,25,26);1-2,6H,3-4H2/b20-9+;/t10-,14-;6-/m11/s1. The summed E-state index contributed by atoms with van der Waals surface area (Å²) in [6, 6.07) is -0.967. The number of thiazole rings is 1. The van der Waals surface area contributed by atoms with Gasteiger partial charge in [0.25, 0.3) is 11.8 Å². The second-order valence-electron chi connectivity index (χ2n) is 8.27. The van der Waals surface area contributed by atoms with Gasteiger partial charge in [-0.05, 0) is 0 Å². The molecule has 2 saturated heterocycles. The van der Waals surface area contributed by atoms with E-state index in [0.29, 0.717) is 10.9 Å². The number of nitrogens with zero attached hydrogens (tertiary/aromatic N) is 4. The highest BCUT2D eigenvalue weighted by Crippen LogP contribution is 2.40. The molecule has 2 fully saturated rings. The van der Waals surface area contributed by atoms with Crippen LogP contribution in [-0.4, -0.2) is 97.3 Å². The minimum absolute atomic E-state index is 0.165. The monoisotopic (exact) mass is 596 g/mol. The number of hydrogen-bond donors (Lipinski definition) is 3. The molecule has 0 bridgehead atoms. The smallest absolute Gasteiger partial charge is 0.352 e. The van der Waals surface area contributed by atoms with E-state index in [4.69, 9.17) is 10.5 Å². The Hall–Kier alpha value is -3.57. The van der Waals surface area contributed by atoms with E-state index in [0.717, 1.165) is 28.4 Å². The predicted molar refractivity (Wildman–Crippen MR) is 143 cm³/mol. The van der Waals surface area contributed by atoms with Crippen molar-refractivity contribution in [1.82, 2.24) is 20.1 Å². The molecule has 3 atom stereocenters. The number of oxime groups is 1. The molecule has 4 aliphatic heterocycles. The lowest BCUT2D eigenvalue weighted by Gasteiger charge is -2.49. The van der Waals surface area contributed by atoms with Crippen molar-refractivity contribution in [3.8, 4) is 0 Å². The molecule has 4 aliphatic rings. The maximum Gasteiger partial charge on any atom is 0.352 e. The lowest BCUT2D eigenvalue weighted by Crippen LogP contribution is -2.71. The number of nitrogens with one attached hydrogen (secondary N) is 1. The maximum absolute atomic E-state index is 12.7. The van der Waals surface area contributed by atoms with Crippen molar-refractivity contribution in [3.63, 3.8) is 0 Å². The van der Waals surface area contributed by atoms with Crippen LogP contribution in [-0.2, 0) is 33.5 Å². The molecule has 0 saturated carbocycles. The molecule has 208 valence electrons. The molecule has 0 aliphatic carbocycles. The van der Waals surface area contributed by atoms with Crippen molar-refractivity contribution in [1.29, 1.82) is 0 Å². The zero-order valence-electron chi connectivity index (χ0n) is 20.7. The van der Waals surface area contributed by atoms with Crippen molar-refractivity contribution in [2.75, 3.05) is 31.0 Å². The summed E-state index contributed by atoms with van der Waals surface area (Å²) in [5.41, 5.74) is 5.67. The summed E-state index contributed by atoms with van der Waals surface area (Å²) >= 11 is 4.19. The van der Waals surface area contributed by atoms with Gasteiger partial charge < -0.3 is 30.6 Å². The number of amides is 3. The van der Waals surface area contributed by atoms with Crippen molar-refractivity contribution in [3.05, 3.63) is 34.6 Å². The second kappa shape index (κ2) is 12.1. The number of aliphatic carboxylic acids is 1. The van der Waals surface area contributed by atoms with E-state index < -0.39 is 35.2 Å². The number of carbonyl (C=O) groups is 5. The van der Waals surface area contributed by atoms with Gasteiger partial charge in [0.2, 0.25) is 5.91 Å². The summed E-state index contributed by atoms with van der Waals surface area (Å²) in [5, 5.41) is 17.3. The summed E-state index contributed by atoms with van der Waals surface area (Å²) in [6.45, 7) is 0.975. The van der Waals surface area contributed by atoms with E-state index in [1.807, 2.05) is 24.0 Å². The molecule has 4 N–H and O–H groups in total. The fourth-order valence-electron chi connectivity index (χ4n) is 3.93. The first-order valence-corrected chi connectivity index (χ1v) is 14.4. The molecule has 0 unspecified atom stereocenters. The Labute approximate surface area is 234 Å². The summed E-state index contributed by atoms with van der Waals surface area (Å²) in [7, 11) is 1.25. The number of carboxylic acids is 1. The number of nitrogen functional groups attached to an aromatic ring is 1. The molecule has 39 heavy (non-hydrogen) atoms. The van der Waals surface area contributed by atoms with Gasteiger partial charge in [0.05, 0.1) is 11.8 Å². The third-order valence-corrected chi connectivity index (χ3v) is 8.92. The summed E-state index contributed by atoms with van der Waals surface area (Å²) in [4.78, 5) is 70.3. The predicted octanol–water partition coefficient (Wildman–Crippen LogP) is 0.183. The van der Waals surface area contributed by atoms with E-state index in [9.17, 15) is 29.1 Å². The summed E-state index contributed by atoms with van der Waals surface area (Å²) < 4.78 is 4.88. The Kier molecular flexibility index (Phi) is 8.81. The topological polar surface area (TPSA) is 194 Å². The molecule has 3 amide bonds. The Bertz CT molecular complexity index is 1290. The third-order valence-electron chi connectivity index (χ3n) is 5.75. The van der Waals surface area contributed by atoms with Gasteiger partial charge >= 0.3 is 11.9 Å². The van der Waals surface area contributed by atoms with E-state index in [1.54, 1.807) is 4.90 Å². The van der Waals surface area contributed by atoms with E-state index in [1.165, 1.54) is 31.2 Å². The minimum Gasteiger partial charge on any atom is -0.477 e. The van der Waals surface area contributed by atoms with Crippen molar-refractivity contribution in [2.24, 2.45) is 5.16 Å². The molecule has 14 nitrogen and oxygen atoms in total. The maximum atomic E-state index is 12.7. The van der Waals surface area contributed by atoms with Crippen LogP contribution in [0.25, 0.3) is 0 Å². The van der Waals surface area contributed by atoms with Gasteiger partial charge in [-0.25, -0.2) is 9.78 Å². The average Bonchev–Trinajstić information content (AvgIpc) is 3.33. The van der Waals surface area contributed by atoms with Crippen LogP contribution in [0.5, 0.6) is 0 Å². The van der Waals surface area contributed by atoms with Crippen LogP contribution >= 0.6 is 34.9 Å². The number of hydrogen-bond acceptors (Lipinski definition) is 13. The number of β-lactam (4-membered cyclic amide) rings is 2. The Morgan fingerprint density at radius 1 is 1.31 bits per heavy atom. The first-order chi connectivity index (χ1) is 18.6. The highest BCUT2D eigenvalue weighted by Gasteiger charge is 2.54. The van der Waals surface area contributed by atoms with Gasteiger partial charge in [-0.2, -0.15) is 0 Å². The van der Waals surface area contributed by atoms with Gasteiger partial charge in [0, 0.05) is 35.6 Å². The van der Waals surface area contributed by atoms with Crippen LogP contribution < -0.4 is 11.1 Å². The largest absolute Gasteiger partial charge is 0.477 e. The molecular formula is C22H24N6O8S3. The molecule has 1 aromatic rings. The first-order valence-electron chi connectivity index (χ1n) is 11.4. The average molecular weight is 597 g/mol. The molecule has 5 heterocycles. The highest BCUT2D eigenvalue weighted by molar-refractivity contribution is 8.00. The number of carboxylic acid groups (broad SMARTS) is 1. The number of ether oxygens (including phenoxy) is 1. The number of anilines is 1. The number of aromatic nitrogens is 1. The zero-order valence-corrected chi connectivity index (χ0v) is 23.1. The first kappa shape index (κ1) is 28.4. The summed E-state index contributed by atoms with van der Waals surface area (Å²) in [6.07, 6.45) is 4.67. The van der Waals surface area contributed by atoms with Crippen molar-refractivity contribution < 1.29 is 38.7 Å². The van der Waals surface area contributed by atoms with Crippen LogP contribution in [0.4, 0.5) is 5.13 Å². The SMILES string of the molecule is CO/N=C(/C(=O)N[C@@H]1C(=O)N2C(C(=O)O)=C(COC(C)=O)CS[C@H]12)c1csc(N)n1.O=C1C[C@H]2SCC=CN12. The van der Waals surface area contributed by atoms with Crippen LogP contribution in [0.2, 0.25) is 0 Å². The highest BCUT2D eigenvalue weighted by atomic mass is 32.2. The van der Waals surface area contributed by atoms with Crippen LogP contribution in [0, 0.1) is 0 Å². The van der Waals surface area contributed by atoms with Crippen molar-refractivity contribution in [2.45, 2.75) is 30.1 Å². The number of fused-ring (bicyclic) bond motifs is 2. The molecule has 0 spiro atoms. The van der Waals surface area contributed by atoms with Crippen LogP contribution in [0.15, 0.2) is 34.1 Å². The fraction of sp³-hybridized carbons (Fsp3) is 0.409. The van der Waals surface area contributed by atoms with Gasteiger partial charge in [0.1, 0.15) is 36.5 Å². The Morgan fingerprint density at radius 2 is 2.08 bits per heavy atom. The van der Waals surface area contributed by atoms with E-state index in [2.05, 4.69) is 20.3 Å². The number of thioether (sulfide) groups is 2. The van der Waals surface area contributed by atoms with Gasteiger partial charge in [0.15, 0.2) is 10.8 Å². The Balaban J connectivity index is 0.000000327. The third kappa shape index (κ3) is 6.04. The van der Waals surface area contributed by atoms with Gasteiger partial charge in [-0.1, -0.05) is 11.2 Å². The molecule has 0 radical (unpaired) electrons. The number of rotatable bonds is 7. The second-order valence-corrected chi connectivity index (χ2v) is 11.5. The molecule has 5 rings (SSSR count). The van der Waals surface area contributed by atoms with Gasteiger partial charge in [-0.15, -0.1) is 34.9 Å². The lowest BCUT2D eigenvalue weighted by atomic mass is 10.0. The van der Waals surface area contributed by atoms with E-state index >= 15 is 0 Å². The van der Waals surface area contributed by atoms with Crippen LogP contribution in [0.1, 0.15) is 19.0 Å².